The SMILES string of the molecule is O=CN(c1cccc(C(F)(F)F)c1)c1cccnc1NCc1ccccc1. The fourth-order valence-electron chi connectivity index (χ4n) is 2.60. The summed E-state index contributed by atoms with van der Waals surface area (Å²) >= 11 is 0. The van der Waals surface area contributed by atoms with Gasteiger partial charge in [0.25, 0.3) is 0 Å². The van der Waals surface area contributed by atoms with Crippen molar-refractivity contribution in [3.05, 3.63) is 84.1 Å². The molecule has 0 fully saturated rings. The molecule has 1 aromatic heterocycles. The van der Waals surface area contributed by atoms with E-state index in [0.717, 1.165) is 22.6 Å². The Hall–Kier alpha value is -3.35. The Morgan fingerprint density at radius 1 is 1.00 bits per heavy atom. The van der Waals surface area contributed by atoms with E-state index in [0.29, 0.717) is 24.5 Å². The quantitative estimate of drug-likeness (QED) is 0.620. The molecule has 0 spiro atoms. The molecule has 3 rings (SSSR count). The summed E-state index contributed by atoms with van der Waals surface area (Å²) in [5.41, 5.74) is 0.652. The molecule has 0 radical (unpaired) electrons. The van der Waals surface area contributed by atoms with Crippen LogP contribution in [-0.4, -0.2) is 11.4 Å². The van der Waals surface area contributed by atoms with Gasteiger partial charge in [0.05, 0.1) is 11.3 Å². The fraction of sp³-hybridized carbons (Fsp3) is 0.100. The van der Waals surface area contributed by atoms with Gasteiger partial charge in [-0.15, -0.1) is 0 Å². The lowest BCUT2D eigenvalue weighted by Crippen LogP contribution is -2.18. The van der Waals surface area contributed by atoms with Crippen molar-refractivity contribution in [3.63, 3.8) is 0 Å². The summed E-state index contributed by atoms with van der Waals surface area (Å²) in [5, 5.41) is 3.13. The Labute approximate surface area is 154 Å². The lowest BCUT2D eigenvalue weighted by molar-refractivity contribution is -0.137. The van der Waals surface area contributed by atoms with E-state index in [9.17, 15) is 18.0 Å². The zero-order chi connectivity index (χ0) is 19.3. The summed E-state index contributed by atoms with van der Waals surface area (Å²) in [7, 11) is 0. The van der Waals surface area contributed by atoms with Gasteiger partial charge >= 0.3 is 6.18 Å². The molecule has 0 saturated carbocycles. The number of anilines is 3. The van der Waals surface area contributed by atoms with Crippen molar-refractivity contribution in [3.8, 4) is 0 Å². The van der Waals surface area contributed by atoms with E-state index in [4.69, 9.17) is 0 Å². The van der Waals surface area contributed by atoms with E-state index < -0.39 is 11.7 Å². The number of pyridine rings is 1. The molecule has 2 aromatic carbocycles. The molecule has 7 heteroatoms. The molecule has 4 nitrogen and oxygen atoms in total. The van der Waals surface area contributed by atoms with Crippen LogP contribution in [0.3, 0.4) is 0 Å². The molecule has 0 saturated heterocycles. The zero-order valence-corrected chi connectivity index (χ0v) is 14.1. The summed E-state index contributed by atoms with van der Waals surface area (Å²) in [5.74, 6) is 0.394. The van der Waals surface area contributed by atoms with Crippen molar-refractivity contribution >= 4 is 23.6 Å². The van der Waals surface area contributed by atoms with E-state index in [1.165, 1.54) is 12.1 Å². The monoisotopic (exact) mass is 371 g/mol. The number of hydrogen-bond acceptors (Lipinski definition) is 3. The van der Waals surface area contributed by atoms with Gasteiger partial charge in [-0.25, -0.2) is 4.98 Å². The maximum atomic E-state index is 13.0. The van der Waals surface area contributed by atoms with Gasteiger partial charge in [-0.2, -0.15) is 13.2 Å². The van der Waals surface area contributed by atoms with Crippen molar-refractivity contribution in [1.82, 2.24) is 4.98 Å². The Bertz CT molecular complexity index is 914. The first kappa shape index (κ1) is 18.4. The molecule has 27 heavy (non-hydrogen) atoms. The molecule has 0 atom stereocenters. The molecule has 1 N–H and O–H groups in total. The highest BCUT2D eigenvalue weighted by Crippen LogP contribution is 2.35. The fourth-order valence-corrected chi connectivity index (χ4v) is 2.60. The van der Waals surface area contributed by atoms with Crippen LogP contribution < -0.4 is 10.2 Å². The Balaban J connectivity index is 1.91. The van der Waals surface area contributed by atoms with Gasteiger partial charge in [0.15, 0.2) is 5.82 Å². The van der Waals surface area contributed by atoms with Crippen LogP contribution in [0.25, 0.3) is 0 Å². The van der Waals surface area contributed by atoms with E-state index in [1.54, 1.807) is 18.3 Å². The number of hydrogen-bond donors (Lipinski definition) is 1. The third-order valence-corrected chi connectivity index (χ3v) is 3.91. The van der Waals surface area contributed by atoms with Crippen LogP contribution in [0.1, 0.15) is 11.1 Å². The van der Waals surface area contributed by atoms with Gasteiger partial charge in [-0.05, 0) is 35.9 Å². The van der Waals surface area contributed by atoms with Crippen molar-refractivity contribution < 1.29 is 18.0 Å². The predicted octanol–water partition coefficient (Wildman–Crippen LogP) is 5.01. The van der Waals surface area contributed by atoms with E-state index in [-0.39, 0.29) is 5.69 Å². The number of nitrogens with zero attached hydrogens (tertiary/aromatic N) is 2. The molecule has 0 unspecified atom stereocenters. The van der Waals surface area contributed by atoms with Crippen LogP contribution in [-0.2, 0) is 17.5 Å². The number of aromatic nitrogens is 1. The summed E-state index contributed by atoms with van der Waals surface area (Å²) in [6, 6.07) is 17.4. The van der Waals surface area contributed by atoms with Crippen LogP contribution in [0.15, 0.2) is 72.9 Å². The Kier molecular flexibility index (Phi) is 5.40. The number of amides is 1. The molecule has 1 amide bonds. The molecule has 0 aliphatic heterocycles. The second kappa shape index (κ2) is 7.90. The zero-order valence-electron chi connectivity index (χ0n) is 14.1. The normalized spacial score (nSPS) is 11.1. The maximum absolute atomic E-state index is 13.0. The maximum Gasteiger partial charge on any atom is 0.416 e. The van der Waals surface area contributed by atoms with Gasteiger partial charge in [0, 0.05) is 18.4 Å². The number of benzene rings is 2. The van der Waals surface area contributed by atoms with Crippen LogP contribution in [0.5, 0.6) is 0 Å². The van der Waals surface area contributed by atoms with E-state index in [1.807, 2.05) is 30.3 Å². The largest absolute Gasteiger partial charge is 0.416 e. The van der Waals surface area contributed by atoms with Crippen molar-refractivity contribution in [1.29, 1.82) is 0 Å². The second-order valence-electron chi connectivity index (χ2n) is 5.73. The van der Waals surface area contributed by atoms with Crippen molar-refractivity contribution in [2.24, 2.45) is 0 Å². The Morgan fingerprint density at radius 2 is 1.78 bits per heavy atom. The highest BCUT2D eigenvalue weighted by molar-refractivity contribution is 5.90. The standard InChI is InChI=1S/C20H16F3N3O/c21-20(22,23)16-8-4-9-17(12-16)26(14-27)18-10-5-11-24-19(18)25-13-15-6-2-1-3-7-15/h1-12,14H,13H2,(H,24,25). The van der Waals surface area contributed by atoms with E-state index in [2.05, 4.69) is 10.3 Å². The number of rotatable bonds is 6. The minimum Gasteiger partial charge on any atom is -0.364 e. The minimum atomic E-state index is -4.49. The average molecular weight is 371 g/mol. The van der Waals surface area contributed by atoms with Gasteiger partial charge in [0.1, 0.15) is 0 Å². The molecular formula is C20H16F3N3O. The van der Waals surface area contributed by atoms with Crippen molar-refractivity contribution in [2.75, 3.05) is 10.2 Å². The summed E-state index contributed by atoms with van der Waals surface area (Å²) in [6.07, 6.45) is -2.47. The number of halogens is 3. The molecule has 0 bridgehead atoms. The lowest BCUT2D eigenvalue weighted by atomic mass is 10.1. The van der Waals surface area contributed by atoms with Crippen LogP contribution in [0.2, 0.25) is 0 Å². The highest BCUT2D eigenvalue weighted by Gasteiger charge is 2.31. The molecule has 3 aromatic rings. The average Bonchev–Trinajstić information content (AvgIpc) is 2.68. The number of nitrogens with one attached hydrogen (secondary N) is 1. The van der Waals surface area contributed by atoms with Crippen LogP contribution in [0.4, 0.5) is 30.4 Å². The third kappa shape index (κ3) is 4.44. The first-order valence-electron chi connectivity index (χ1n) is 8.13. The van der Waals surface area contributed by atoms with Crippen molar-refractivity contribution in [2.45, 2.75) is 12.7 Å². The summed E-state index contributed by atoms with van der Waals surface area (Å²) in [6.45, 7) is 0.458. The summed E-state index contributed by atoms with van der Waals surface area (Å²) in [4.78, 5) is 17.0. The van der Waals surface area contributed by atoms with Crippen LogP contribution >= 0.6 is 0 Å². The molecule has 1 heterocycles. The van der Waals surface area contributed by atoms with Gasteiger partial charge in [-0.3, -0.25) is 9.69 Å². The van der Waals surface area contributed by atoms with Gasteiger partial charge in [0.2, 0.25) is 6.41 Å². The molecular weight excluding hydrogens is 355 g/mol. The minimum absolute atomic E-state index is 0.107. The third-order valence-electron chi connectivity index (χ3n) is 3.91. The van der Waals surface area contributed by atoms with Gasteiger partial charge < -0.3 is 5.32 Å². The van der Waals surface area contributed by atoms with Gasteiger partial charge in [-0.1, -0.05) is 36.4 Å². The highest BCUT2D eigenvalue weighted by atomic mass is 19.4. The lowest BCUT2D eigenvalue weighted by Gasteiger charge is -2.21. The van der Waals surface area contributed by atoms with Crippen LogP contribution in [0, 0.1) is 0 Å². The smallest absolute Gasteiger partial charge is 0.364 e. The Morgan fingerprint density at radius 3 is 2.48 bits per heavy atom. The van der Waals surface area contributed by atoms with E-state index >= 15 is 0 Å². The summed E-state index contributed by atoms with van der Waals surface area (Å²) < 4.78 is 39.0. The molecule has 138 valence electrons. The number of alkyl halides is 3. The second-order valence-corrected chi connectivity index (χ2v) is 5.73. The number of carbonyl (C=O) groups excluding carboxylic acids is 1. The first-order valence-corrected chi connectivity index (χ1v) is 8.13. The topological polar surface area (TPSA) is 45.2 Å². The molecule has 0 aliphatic rings. The molecule has 0 aliphatic carbocycles. The first-order chi connectivity index (χ1) is 13.0. The predicted molar refractivity (Wildman–Crippen MR) is 97.7 cm³/mol. The number of carbonyl (C=O) groups is 1.